The van der Waals surface area contributed by atoms with E-state index in [1.165, 1.54) is 0 Å². The van der Waals surface area contributed by atoms with Crippen molar-refractivity contribution >= 4 is 5.69 Å². The van der Waals surface area contributed by atoms with Gasteiger partial charge in [-0.15, -0.1) is 0 Å². The van der Waals surface area contributed by atoms with Crippen molar-refractivity contribution in [3.63, 3.8) is 0 Å². The quantitative estimate of drug-likeness (QED) is 0.931. The van der Waals surface area contributed by atoms with E-state index in [1.54, 1.807) is 6.07 Å². The lowest BCUT2D eigenvalue weighted by Gasteiger charge is -2.48. The summed E-state index contributed by atoms with van der Waals surface area (Å²) in [7, 11) is 0. The van der Waals surface area contributed by atoms with Crippen molar-refractivity contribution < 1.29 is 9.13 Å². The third-order valence-corrected chi connectivity index (χ3v) is 3.61. The second kappa shape index (κ2) is 5.58. The smallest absolute Gasteiger partial charge is 0.146 e. The summed E-state index contributed by atoms with van der Waals surface area (Å²) in [5.74, 6) is -0.179. The standard InChI is InChI=1S/C17H27FN2O/c1-12(19)8-13-6-7-15(14(18)9-13)20-10-16(2,3)21-17(4,5)11-20/h6-7,9,12H,8,10-11,19H2,1-5H3. The summed E-state index contributed by atoms with van der Waals surface area (Å²) in [5.41, 5.74) is 6.78. The highest BCUT2D eigenvalue weighted by molar-refractivity contribution is 5.50. The molecule has 1 unspecified atom stereocenters. The third kappa shape index (κ3) is 4.17. The van der Waals surface area contributed by atoms with Crippen molar-refractivity contribution in [2.24, 2.45) is 5.73 Å². The van der Waals surface area contributed by atoms with Crippen LogP contribution in [0.2, 0.25) is 0 Å². The summed E-state index contributed by atoms with van der Waals surface area (Å²) in [4.78, 5) is 2.08. The summed E-state index contributed by atoms with van der Waals surface area (Å²) in [6.07, 6.45) is 0.692. The Morgan fingerprint density at radius 2 is 1.81 bits per heavy atom. The monoisotopic (exact) mass is 294 g/mol. The molecular weight excluding hydrogens is 267 g/mol. The molecule has 0 spiro atoms. The average Bonchev–Trinajstić information content (AvgIpc) is 2.23. The molecule has 2 N–H and O–H groups in total. The first-order chi connectivity index (χ1) is 9.58. The fourth-order valence-electron chi connectivity index (χ4n) is 3.26. The SMILES string of the molecule is CC(N)Cc1ccc(N2CC(C)(C)OC(C)(C)C2)c(F)c1. The number of rotatable bonds is 3. The van der Waals surface area contributed by atoms with Gasteiger partial charge in [-0.05, 0) is 58.7 Å². The maximum Gasteiger partial charge on any atom is 0.146 e. The molecule has 1 atom stereocenters. The molecule has 1 aromatic rings. The Morgan fingerprint density at radius 1 is 1.24 bits per heavy atom. The van der Waals surface area contributed by atoms with E-state index in [4.69, 9.17) is 10.5 Å². The van der Waals surface area contributed by atoms with E-state index in [-0.39, 0.29) is 23.1 Å². The minimum atomic E-state index is -0.293. The first-order valence-corrected chi connectivity index (χ1v) is 7.57. The van der Waals surface area contributed by atoms with Gasteiger partial charge in [-0.1, -0.05) is 6.07 Å². The van der Waals surface area contributed by atoms with Crippen LogP contribution in [0.25, 0.3) is 0 Å². The van der Waals surface area contributed by atoms with E-state index >= 15 is 0 Å². The minimum absolute atomic E-state index is 0.0384. The zero-order valence-electron chi connectivity index (χ0n) is 13.7. The highest BCUT2D eigenvalue weighted by Crippen LogP contribution is 2.32. The van der Waals surface area contributed by atoms with Crippen LogP contribution in [0.5, 0.6) is 0 Å². The lowest BCUT2D eigenvalue weighted by atomic mass is 9.97. The van der Waals surface area contributed by atoms with E-state index in [1.807, 2.05) is 46.8 Å². The molecule has 0 aliphatic carbocycles. The number of anilines is 1. The highest BCUT2D eigenvalue weighted by atomic mass is 19.1. The lowest BCUT2D eigenvalue weighted by Crippen LogP contribution is -2.57. The van der Waals surface area contributed by atoms with Crippen molar-refractivity contribution in [2.75, 3.05) is 18.0 Å². The second-order valence-electron chi connectivity index (χ2n) is 7.44. The predicted octanol–water partition coefficient (Wildman–Crippen LogP) is 3.11. The summed E-state index contributed by atoms with van der Waals surface area (Å²) in [6, 6.07) is 5.48. The van der Waals surface area contributed by atoms with Gasteiger partial charge < -0.3 is 15.4 Å². The molecule has 1 saturated heterocycles. The van der Waals surface area contributed by atoms with Crippen LogP contribution in [-0.2, 0) is 11.2 Å². The molecule has 0 bridgehead atoms. The van der Waals surface area contributed by atoms with Crippen LogP contribution >= 0.6 is 0 Å². The van der Waals surface area contributed by atoms with Crippen molar-refractivity contribution in [1.82, 2.24) is 0 Å². The van der Waals surface area contributed by atoms with Gasteiger partial charge in [-0.25, -0.2) is 4.39 Å². The first kappa shape index (κ1) is 16.2. The van der Waals surface area contributed by atoms with Crippen molar-refractivity contribution in [2.45, 2.75) is 58.3 Å². The van der Waals surface area contributed by atoms with E-state index in [2.05, 4.69) is 4.90 Å². The van der Waals surface area contributed by atoms with Gasteiger partial charge in [0.2, 0.25) is 0 Å². The number of nitrogens with zero attached hydrogens (tertiary/aromatic N) is 1. The molecule has 3 nitrogen and oxygen atoms in total. The van der Waals surface area contributed by atoms with Crippen molar-refractivity contribution in [3.05, 3.63) is 29.6 Å². The van der Waals surface area contributed by atoms with Gasteiger partial charge >= 0.3 is 0 Å². The number of hydrogen-bond donors (Lipinski definition) is 1. The van der Waals surface area contributed by atoms with Crippen LogP contribution in [0.4, 0.5) is 10.1 Å². The van der Waals surface area contributed by atoms with Crippen molar-refractivity contribution in [3.8, 4) is 0 Å². The number of morpholine rings is 1. The molecule has 1 aliphatic heterocycles. The number of ether oxygens (including phenoxy) is 1. The largest absolute Gasteiger partial charge is 0.366 e. The van der Waals surface area contributed by atoms with Crippen LogP contribution in [-0.4, -0.2) is 30.3 Å². The summed E-state index contributed by atoms with van der Waals surface area (Å²) in [6.45, 7) is 11.5. The second-order valence-corrected chi connectivity index (χ2v) is 7.44. The third-order valence-electron chi connectivity index (χ3n) is 3.61. The topological polar surface area (TPSA) is 38.5 Å². The fourth-order valence-corrected chi connectivity index (χ4v) is 3.26. The first-order valence-electron chi connectivity index (χ1n) is 7.57. The summed E-state index contributed by atoms with van der Waals surface area (Å²) < 4.78 is 20.5. The minimum Gasteiger partial charge on any atom is -0.366 e. The molecule has 0 saturated carbocycles. The fraction of sp³-hybridized carbons (Fsp3) is 0.647. The molecular formula is C17H27FN2O. The predicted molar refractivity (Wildman–Crippen MR) is 85.2 cm³/mol. The van der Waals surface area contributed by atoms with Gasteiger partial charge in [0.25, 0.3) is 0 Å². The van der Waals surface area contributed by atoms with Gasteiger partial charge in [-0.3, -0.25) is 0 Å². The average molecular weight is 294 g/mol. The number of nitrogens with two attached hydrogens (primary N) is 1. The Hall–Kier alpha value is -1.13. The maximum absolute atomic E-state index is 14.5. The molecule has 0 amide bonds. The molecule has 21 heavy (non-hydrogen) atoms. The normalized spacial score (nSPS) is 22.1. The molecule has 1 aliphatic rings. The molecule has 118 valence electrons. The van der Waals surface area contributed by atoms with E-state index in [0.717, 1.165) is 5.56 Å². The van der Waals surface area contributed by atoms with Crippen molar-refractivity contribution in [1.29, 1.82) is 0 Å². The van der Waals surface area contributed by atoms with E-state index in [0.29, 0.717) is 25.2 Å². The van der Waals surface area contributed by atoms with Crippen LogP contribution < -0.4 is 10.6 Å². The Kier molecular flexibility index (Phi) is 4.31. The molecule has 4 heteroatoms. The Balaban J connectivity index is 2.25. The van der Waals surface area contributed by atoms with E-state index < -0.39 is 0 Å². The van der Waals surface area contributed by atoms with Crippen LogP contribution in [0, 0.1) is 5.82 Å². The lowest BCUT2D eigenvalue weighted by molar-refractivity contribution is -0.133. The van der Waals surface area contributed by atoms with Gasteiger partial charge in [0.1, 0.15) is 5.82 Å². The van der Waals surface area contributed by atoms with E-state index in [9.17, 15) is 4.39 Å². The molecule has 2 rings (SSSR count). The summed E-state index contributed by atoms with van der Waals surface area (Å²) >= 11 is 0. The Labute approximate surface area is 127 Å². The van der Waals surface area contributed by atoms with Crippen LogP contribution in [0.15, 0.2) is 18.2 Å². The van der Waals surface area contributed by atoms with Gasteiger partial charge in [0.05, 0.1) is 16.9 Å². The zero-order valence-corrected chi connectivity index (χ0v) is 13.7. The zero-order chi connectivity index (χ0) is 15.8. The highest BCUT2D eigenvalue weighted by Gasteiger charge is 2.38. The van der Waals surface area contributed by atoms with Crippen LogP contribution in [0.1, 0.15) is 40.2 Å². The summed E-state index contributed by atoms with van der Waals surface area (Å²) in [5, 5.41) is 0. The number of benzene rings is 1. The molecule has 0 aromatic heterocycles. The molecule has 0 radical (unpaired) electrons. The molecule has 1 fully saturated rings. The Bertz CT molecular complexity index is 496. The Morgan fingerprint density at radius 3 is 2.29 bits per heavy atom. The number of hydrogen-bond acceptors (Lipinski definition) is 3. The van der Waals surface area contributed by atoms with Crippen LogP contribution in [0.3, 0.4) is 0 Å². The number of halogens is 1. The van der Waals surface area contributed by atoms with Gasteiger partial charge in [-0.2, -0.15) is 0 Å². The van der Waals surface area contributed by atoms with Gasteiger partial charge in [0.15, 0.2) is 0 Å². The van der Waals surface area contributed by atoms with Gasteiger partial charge in [0, 0.05) is 19.1 Å². The molecule has 1 heterocycles. The molecule has 1 aromatic carbocycles. The maximum atomic E-state index is 14.5.